The lowest BCUT2D eigenvalue weighted by Crippen LogP contribution is -3.12. The highest BCUT2D eigenvalue weighted by Crippen LogP contribution is 2.46. The van der Waals surface area contributed by atoms with Gasteiger partial charge < -0.3 is 19.6 Å². The van der Waals surface area contributed by atoms with Gasteiger partial charge in [0, 0.05) is 16.8 Å². The molecule has 4 aromatic rings. The Morgan fingerprint density at radius 2 is 1.84 bits per heavy atom. The van der Waals surface area contributed by atoms with Crippen molar-refractivity contribution in [1.29, 1.82) is 0 Å². The molecular formula is C25H22FN4O2+. The summed E-state index contributed by atoms with van der Waals surface area (Å²) >= 11 is 0. The number of ketones is 1. The molecule has 0 bridgehead atoms. The Bertz CT molecular complexity index is 1370. The summed E-state index contributed by atoms with van der Waals surface area (Å²) in [6.07, 6.45) is 0. The second kappa shape index (κ2) is 7.17. The second-order valence-electron chi connectivity index (χ2n) is 8.51. The standard InChI is InChI=1S/C25H21FN4O2/c1-29-9-11-30(12-10-29)20-14-19(27-16-6-4-5-15(26)13-16)21-22-23(20)28-32-25(22)18-8-3-2-7-17(18)24(21)31/h2-8,13-14,27H,9-12H2,1H3/p+1. The zero-order valence-electron chi connectivity index (χ0n) is 17.6. The van der Waals surface area contributed by atoms with Crippen molar-refractivity contribution in [1.82, 2.24) is 5.16 Å². The summed E-state index contributed by atoms with van der Waals surface area (Å²) in [6.45, 7) is 3.80. The summed E-state index contributed by atoms with van der Waals surface area (Å²) in [5.74, 6) is 0.179. The van der Waals surface area contributed by atoms with Crippen molar-refractivity contribution in [2.45, 2.75) is 0 Å². The minimum Gasteiger partial charge on any atom is -0.358 e. The molecule has 1 fully saturated rings. The van der Waals surface area contributed by atoms with Gasteiger partial charge in [0.1, 0.15) is 11.3 Å². The predicted octanol–water partition coefficient (Wildman–Crippen LogP) is 3.26. The van der Waals surface area contributed by atoms with Gasteiger partial charge >= 0.3 is 0 Å². The number of hydrogen-bond donors (Lipinski definition) is 2. The second-order valence-corrected chi connectivity index (χ2v) is 8.51. The lowest BCUT2D eigenvalue weighted by molar-refractivity contribution is -0.880. The van der Waals surface area contributed by atoms with Gasteiger partial charge in [-0.25, -0.2) is 4.39 Å². The van der Waals surface area contributed by atoms with E-state index in [-0.39, 0.29) is 11.6 Å². The van der Waals surface area contributed by atoms with E-state index in [4.69, 9.17) is 4.52 Å². The highest BCUT2D eigenvalue weighted by Gasteiger charge is 2.34. The third kappa shape index (κ3) is 2.89. The molecule has 1 saturated heterocycles. The van der Waals surface area contributed by atoms with Crippen molar-refractivity contribution in [2.24, 2.45) is 0 Å². The van der Waals surface area contributed by atoms with Crippen molar-refractivity contribution in [2.75, 3.05) is 43.4 Å². The number of piperazine rings is 1. The Morgan fingerprint density at radius 3 is 2.62 bits per heavy atom. The Hall–Kier alpha value is -3.71. The fourth-order valence-electron chi connectivity index (χ4n) is 4.73. The fourth-order valence-corrected chi connectivity index (χ4v) is 4.73. The SMILES string of the molecule is C[NH+]1CCN(c2cc(Nc3cccc(F)c3)c3c4c(onc24)-c2ccccc2C3=O)CC1. The summed E-state index contributed by atoms with van der Waals surface area (Å²) in [6, 6.07) is 15.6. The molecule has 1 aliphatic carbocycles. The number of anilines is 3. The van der Waals surface area contributed by atoms with Gasteiger partial charge in [-0.05, 0) is 24.3 Å². The molecule has 32 heavy (non-hydrogen) atoms. The molecule has 1 aromatic heterocycles. The summed E-state index contributed by atoms with van der Waals surface area (Å²) in [4.78, 5) is 17.4. The van der Waals surface area contributed by atoms with Crippen LogP contribution in [0.15, 0.2) is 59.1 Å². The van der Waals surface area contributed by atoms with Crippen LogP contribution in [0.2, 0.25) is 0 Å². The molecule has 0 atom stereocenters. The van der Waals surface area contributed by atoms with E-state index < -0.39 is 0 Å². The van der Waals surface area contributed by atoms with Crippen LogP contribution in [0, 0.1) is 5.82 Å². The van der Waals surface area contributed by atoms with E-state index in [1.165, 1.54) is 17.0 Å². The molecule has 3 aromatic carbocycles. The molecular weight excluding hydrogens is 407 g/mol. The molecule has 0 radical (unpaired) electrons. The molecule has 160 valence electrons. The lowest BCUT2D eigenvalue weighted by Gasteiger charge is -2.32. The highest BCUT2D eigenvalue weighted by molar-refractivity contribution is 6.28. The number of fused-ring (bicyclic) bond motifs is 2. The summed E-state index contributed by atoms with van der Waals surface area (Å²) in [7, 11) is 2.19. The Kier molecular flexibility index (Phi) is 4.26. The maximum absolute atomic E-state index is 13.9. The number of likely N-dealkylation sites (N-methyl/N-ethyl adjacent to an activating group) is 1. The number of nitrogens with zero attached hydrogens (tertiary/aromatic N) is 2. The zero-order chi connectivity index (χ0) is 21.8. The molecule has 2 aliphatic rings. The minimum atomic E-state index is -0.339. The number of aromatic nitrogens is 1. The lowest BCUT2D eigenvalue weighted by atomic mass is 9.86. The summed E-state index contributed by atoms with van der Waals surface area (Å²) in [5.41, 5.74) is 4.69. The first-order chi connectivity index (χ1) is 15.6. The first-order valence-corrected chi connectivity index (χ1v) is 10.8. The molecule has 0 amide bonds. The molecule has 0 spiro atoms. The average Bonchev–Trinajstić information content (AvgIpc) is 3.24. The Labute approximate surface area is 184 Å². The van der Waals surface area contributed by atoms with Gasteiger partial charge in [0.15, 0.2) is 11.5 Å². The van der Waals surface area contributed by atoms with Crippen LogP contribution in [0.25, 0.3) is 22.2 Å². The first kappa shape index (κ1) is 19.0. The van der Waals surface area contributed by atoms with Crippen LogP contribution in [-0.4, -0.2) is 44.2 Å². The monoisotopic (exact) mass is 429 g/mol. The van der Waals surface area contributed by atoms with Gasteiger partial charge in [0.25, 0.3) is 0 Å². The van der Waals surface area contributed by atoms with Gasteiger partial charge in [0.05, 0.1) is 55.6 Å². The summed E-state index contributed by atoms with van der Waals surface area (Å²) < 4.78 is 19.7. The largest absolute Gasteiger partial charge is 0.358 e. The van der Waals surface area contributed by atoms with Crippen molar-refractivity contribution in [3.05, 3.63) is 71.5 Å². The number of nitrogens with one attached hydrogen (secondary N) is 2. The van der Waals surface area contributed by atoms with Crippen molar-refractivity contribution >= 4 is 33.7 Å². The van der Waals surface area contributed by atoms with Crippen LogP contribution < -0.4 is 15.1 Å². The Balaban J connectivity index is 1.59. The molecule has 2 heterocycles. The van der Waals surface area contributed by atoms with E-state index >= 15 is 0 Å². The molecule has 1 aliphatic heterocycles. The molecule has 6 nitrogen and oxygen atoms in total. The van der Waals surface area contributed by atoms with Crippen molar-refractivity contribution < 1.29 is 18.6 Å². The summed E-state index contributed by atoms with van der Waals surface area (Å²) in [5, 5.41) is 8.43. The van der Waals surface area contributed by atoms with Gasteiger partial charge in [0.2, 0.25) is 0 Å². The number of benzene rings is 3. The van der Waals surface area contributed by atoms with Gasteiger partial charge in [-0.15, -0.1) is 0 Å². The van der Waals surface area contributed by atoms with Gasteiger partial charge in [-0.3, -0.25) is 4.79 Å². The van der Waals surface area contributed by atoms with E-state index in [2.05, 4.69) is 22.4 Å². The third-order valence-electron chi connectivity index (χ3n) is 6.44. The van der Waals surface area contributed by atoms with Crippen LogP contribution in [0.3, 0.4) is 0 Å². The van der Waals surface area contributed by atoms with E-state index in [0.717, 1.165) is 42.8 Å². The number of halogens is 1. The van der Waals surface area contributed by atoms with Gasteiger partial charge in [-0.1, -0.05) is 35.5 Å². The predicted molar refractivity (Wildman–Crippen MR) is 121 cm³/mol. The van der Waals surface area contributed by atoms with Crippen LogP contribution >= 0.6 is 0 Å². The maximum atomic E-state index is 13.9. The van der Waals surface area contributed by atoms with Gasteiger partial charge in [-0.2, -0.15) is 0 Å². The normalized spacial score (nSPS) is 15.8. The Morgan fingerprint density at radius 1 is 1.06 bits per heavy atom. The van der Waals surface area contributed by atoms with E-state index in [1.807, 2.05) is 24.3 Å². The average molecular weight is 429 g/mol. The first-order valence-electron chi connectivity index (χ1n) is 10.8. The number of rotatable bonds is 3. The van der Waals surface area contributed by atoms with Crippen LogP contribution in [0.1, 0.15) is 15.9 Å². The number of quaternary nitrogens is 1. The number of hydrogen-bond acceptors (Lipinski definition) is 5. The van der Waals surface area contributed by atoms with E-state index in [0.29, 0.717) is 33.8 Å². The van der Waals surface area contributed by atoms with E-state index in [1.54, 1.807) is 18.2 Å². The highest BCUT2D eigenvalue weighted by atomic mass is 19.1. The third-order valence-corrected chi connectivity index (χ3v) is 6.44. The molecule has 2 N–H and O–H groups in total. The quantitative estimate of drug-likeness (QED) is 0.461. The van der Waals surface area contributed by atoms with E-state index in [9.17, 15) is 9.18 Å². The van der Waals surface area contributed by atoms with Crippen LogP contribution in [-0.2, 0) is 0 Å². The molecule has 0 saturated carbocycles. The smallest absolute Gasteiger partial charge is 0.196 e. The van der Waals surface area contributed by atoms with Crippen LogP contribution in [0.4, 0.5) is 21.5 Å². The topological polar surface area (TPSA) is 62.8 Å². The molecule has 7 heteroatoms. The zero-order valence-corrected chi connectivity index (χ0v) is 17.6. The molecule has 0 unspecified atom stereocenters. The van der Waals surface area contributed by atoms with Crippen molar-refractivity contribution in [3.8, 4) is 11.3 Å². The molecule has 6 rings (SSSR count). The number of carbonyl (C=O) groups is 1. The number of carbonyl (C=O) groups excluding carboxylic acids is 1. The maximum Gasteiger partial charge on any atom is 0.196 e. The van der Waals surface area contributed by atoms with Crippen LogP contribution in [0.5, 0.6) is 0 Å². The van der Waals surface area contributed by atoms with Crippen molar-refractivity contribution in [3.63, 3.8) is 0 Å². The minimum absolute atomic E-state index is 0.0884. The fraction of sp³-hybridized carbons (Fsp3) is 0.200.